The lowest BCUT2D eigenvalue weighted by molar-refractivity contribution is 0.309. The summed E-state index contributed by atoms with van der Waals surface area (Å²) in [5, 5.41) is 4.29. The Kier molecular flexibility index (Phi) is 3.73. The highest BCUT2D eigenvalue weighted by Gasteiger charge is 2.08. The molecule has 0 unspecified atom stereocenters. The van der Waals surface area contributed by atoms with E-state index in [1.54, 1.807) is 0 Å². The third-order valence-electron chi connectivity index (χ3n) is 3.44. The van der Waals surface area contributed by atoms with Crippen molar-refractivity contribution in [3.63, 3.8) is 0 Å². The van der Waals surface area contributed by atoms with Gasteiger partial charge in [-0.2, -0.15) is 0 Å². The number of aromatic nitrogens is 1. The first-order chi connectivity index (χ1) is 10.3. The fourth-order valence-corrected chi connectivity index (χ4v) is 2.41. The molecule has 3 nitrogen and oxygen atoms in total. The molecule has 0 bridgehead atoms. The molecular formula is C18H18N2O. The van der Waals surface area contributed by atoms with Gasteiger partial charge >= 0.3 is 0 Å². The van der Waals surface area contributed by atoms with Gasteiger partial charge in [0.15, 0.2) is 0 Å². The number of ether oxygens (including phenoxy) is 1. The van der Waals surface area contributed by atoms with E-state index in [0.717, 1.165) is 33.6 Å². The zero-order valence-corrected chi connectivity index (χ0v) is 12.3. The van der Waals surface area contributed by atoms with Crippen LogP contribution in [0.4, 0.5) is 5.69 Å². The predicted octanol–water partition coefficient (Wildman–Crippen LogP) is 4.16. The molecule has 0 amide bonds. The van der Waals surface area contributed by atoms with Crippen molar-refractivity contribution in [3.05, 3.63) is 65.9 Å². The van der Waals surface area contributed by atoms with Crippen LogP contribution >= 0.6 is 0 Å². The molecule has 0 aliphatic heterocycles. The van der Waals surface area contributed by atoms with Crippen molar-refractivity contribution < 1.29 is 4.74 Å². The van der Waals surface area contributed by atoms with Crippen molar-refractivity contribution in [2.24, 2.45) is 0 Å². The number of rotatable bonds is 4. The standard InChI is InChI=1S/C18H18N2O/c1-13-11-16(19-2)15-9-6-10-17(18(15)20-13)21-12-14-7-4-3-5-8-14/h3-11H,12H2,1-2H3,(H,19,20). The monoisotopic (exact) mass is 278 g/mol. The summed E-state index contributed by atoms with van der Waals surface area (Å²) in [6.07, 6.45) is 0. The summed E-state index contributed by atoms with van der Waals surface area (Å²) in [4.78, 5) is 4.63. The second-order valence-corrected chi connectivity index (χ2v) is 4.99. The summed E-state index contributed by atoms with van der Waals surface area (Å²) in [6, 6.07) is 18.2. The fraction of sp³-hybridized carbons (Fsp3) is 0.167. The lowest BCUT2D eigenvalue weighted by Gasteiger charge is -2.12. The number of hydrogen-bond acceptors (Lipinski definition) is 3. The number of hydrogen-bond donors (Lipinski definition) is 1. The van der Waals surface area contributed by atoms with Crippen LogP contribution in [0.15, 0.2) is 54.6 Å². The average molecular weight is 278 g/mol. The largest absolute Gasteiger partial charge is 0.487 e. The fourth-order valence-electron chi connectivity index (χ4n) is 2.41. The number of fused-ring (bicyclic) bond motifs is 1. The Hall–Kier alpha value is -2.55. The number of para-hydroxylation sites is 1. The number of aryl methyl sites for hydroxylation is 1. The van der Waals surface area contributed by atoms with Crippen LogP contribution < -0.4 is 10.1 Å². The minimum absolute atomic E-state index is 0.546. The predicted molar refractivity (Wildman–Crippen MR) is 86.8 cm³/mol. The van der Waals surface area contributed by atoms with Gasteiger partial charge in [0.1, 0.15) is 17.9 Å². The molecule has 0 saturated carbocycles. The first kappa shape index (κ1) is 13.4. The zero-order valence-electron chi connectivity index (χ0n) is 12.3. The number of nitrogens with zero attached hydrogens (tertiary/aromatic N) is 1. The van der Waals surface area contributed by atoms with Crippen molar-refractivity contribution in [3.8, 4) is 5.75 Å². The lowest BCUT2D eigenvalue weighted by Crippen LogP contribution is -1.99. The molecule has 106 valence electrons. The van der Waals surface area contributed by atoms with Crippen molar-refractivity contribution in [2.45, 2.75) is 13.5 Å². The Morgan fingerprint density at radius 1 is 1.05 bits per heavy atom. The summed E-state index contributed by atoms with van der Waals surface area (Å²) in [6.45, 7) is 2.54. The van der Waals surface area contributed by atoms with E-state index >= 15 is 0 Å². The summed E-state index contributed by atoms with van der Waals surface area (Å²) in [7, 11) is 1.92. The van der Waals surface area contributed by atoms with Gasteiger partial charge in [-0.3, -0.25) is 0 Å². The molecular weight excluding hydrogens is 260 g/mol. The summed E-state index contributed by atoms with van der Waals surface area (Å²) < 4.78 is 5.97. The van der Waals surface area contributed by atoms with Gasteiger partial charge in [0.05, 0.1) is 0 Å². The van der Waals surface area contributed by atoms with Gasteiger partial charge in [-0.1, -0.05) is 42.5 Å². The molecule has 3 rings (SSSR count). The van der Waals surface area contributed by atoms with E-state index in [-0.39, 0.29) is 0 Å². The number of anilines is 1. The first-order valence-electron chi connectivity index (χ1n) is 7.03. The second-order valence-electron chi connectivity index (χ2n) is 4.99. The Morgan fingerprint density at radius 2 is 1.86 bits per heavy atom. The number of benzene rings is 2. The highest BCUT2D eigenvalue weighted by Crippen LogP contribution is 2.30. The SMILES string of the molecule is CNc1cc(C)nc2c(OCc3ccccc3)cccc12. The molecule has 0 atom stereocenters. The maximum Gasteiger partial charge on any atom is 0.146 e. The van der Waals surface area contributed by atoms with Gasteiger partial charge in [0.2, 0.25) is 0 Å². The molecule has 0 aliphatic rings. The Balaban J connectivity index is 1.97. The normalized spacial score (nSPS) is 10.6. The summed E-state index contributed by atoms with van der Waals surface area (Å²) >= 11 is 0. The van der Waals surface area contributed by atoms with Crippen LogP contribution in [0.25, 0.3) is 10.9 Å². The minimum atomic E-state index is 0.546. The van der Waals surface area contributed by atoms with Crippen molar-refractivity contribution in [2.75, 3.05) is 12.4 Å². The quantitative estimate of drug-likeness (QED) is 0.778. The van der Waals surface area contributed by atoms with Crippen LogP contribution in [0.2, 0.25) is 0 Å². The third-order valence-corrected chi connectivity index (χ3v) is 3.44. The minimum Gasteiger partial charge on any atom is -0.487 e. The number of nitrogens with one attached hydrogen (secondary N) is 1. The Morgan fingerprint density at radius 3 is 2.62 bits per heavy atom. The maximum absolute atomic E-state index is 5.97. The van der Waals surface area contributed by atoms with E-state index in [0.29, 0.717) is 6.61 Å². The van der Waals surface area contributed by atoms with E-state index in [1.807, 2.05) is 50.4 Å². The van der Waals surface area contributed by atoms with Crippen LogP contribution in [0.1, 0.15) is 11.3 Å². The molecule has 0 radical (unpaired) electrons. The maximum atomic E-state index is 5.97. The molecule has 1 N–H and O–H groups in total. The van der Waals surface area contributed by atoms with Crippen LogP contribution in [-0.2, 0) is 6.61 Å². The van der Waals surface area contributed by atoms with Gasteiger partial charge < -0.3 is 10.1 Å². The summed E-state index contributed by atoms with van der Waals surface area (Å²) in [5.41, 5.74) is 4.10. The van der Waals surface area contributed by atoms with Gasteiger partial charge in [-0.15, -0.1) is 0 Å². The van der Waals surface area contributed by atoms with E-state index in [4.69, 9.17) is 4.74 Å². The van der Waals surface area contributed by atoms with Crippen molar-refractivity contribution in [1.29, 1.82) is 0 Å². The molecule has 2 aromatic carbocycles. The van der Waals surface area contributed by atoms with E-state index in [1.165, 1.54) is 0 Å². The van der Waals surface area contributed by atoms with E-state index in [9.17, 15) is 0 Å². The lowest BCUT2D eigenvalue weighted by atomic mass is 10.1. The van der Waals surface area contributed by atoms with E-state index < -0.39 is 0 Å². The second kappa shape index (κ2) is 5.83. The highest BCUT2D eigenvalue weighted by atomic mass is 16.5. The van der Waals surface area contributed by atoms with Crippen LogP contribution in [0, 0.1) is 6.92 Å². The van der Waals surface area contributed by atoms with Gasteiger partial charge in [0.25, 0.3) is 0 Å². The molecule has 1 heterocycles. The van der Waals surface area contributed by atoms with Crippen LogP contribution in [0.5, 0.6) is 5.75 Å². The Bertz CT molecular complexity index is 754. The topological polar surface area (TPSA) is 34.2 Å². The molecule has 0 fully saturated rings. The molecule has 1 aromatic heterocycles. The Labute approximate surface area is 124 Å². The summed E-state index contributed by atoms with van der Waals surface area (Å²) in [5.74, 6) is 0.816. The van der Waals surface area contributed by atoms with Crippen LogP contribution in [-0.4, -0.2) is 12.0 Å². The van der Waals surface area contributed by atoms with Crippen molar-refractivity contribution >= 4 is 16.6 Å². The van der Waals surface area contributed by atoms with Gasteiger partial charge in [0, 0.05) is 23.8 Å². The average Bonchev–Trinajstić information content (AvgIpc) is 2.53. The first-order valence-corrected chi connectivity index (χ1v) is 7.03. The van der Waals surface area contributed by atoms with Gasteiger partial charge in [-0.05, 0) is 24.6 Å². The molecule has 3 aromatic rings. The molecule has 0 aliphatic carbocycles. The van der Waals surface area contributed by atoms with Gasteiger partial charge in [-0.25, -0.2) is 4.98 Å². The molecule has 3 heteroatoms. The number of pyridine rings is 1. The third kappa shape index (κ3) is 2.82. The molecule has 0 spiro atoms. The molecule has 0 saturated heterocycles. The zero-order chi connectivity index (χ0) is 14.7. The molecule has 21 heavy (non-hydrogen) atoms. The highest BCUT2D eigenvalue weighted by molar-refractivity contribution is 5.95. The van der Waals surface area contributed by atoms with Crippen molar-refractivity contribution in [1.82, 2.24) is 4.98 Å². The van der Waals surface area contributed by atoms with Crippen LogP contribution in [0.3, 0.4) is 0 Å². The smallest absolute Gasteiger partial charge is 0.146 e. The van der Waals surface area contributed by atoms with E-state index in [2.05, 4.69) is 28.5 Å².